The first-order valence-corrected chi connectivity index (χ1v) is 6.55. The predicted octanol–water partition coefficient (Wildman–Crippen LogP) is 1.39. The van der Waals surface area contributed by atoms with Crippen LogP contribution in [0.4, 0.5) is 0 Å². The number of aryl methyl sites for hydroxylation is 2. The number of nitrogens with zero attached hydrogens (tertiary/aromatic N) is 2. The number of methoxy groups -OCH3 is 1. The first kappa shape index (κ1) is 13.4. The van der Waals surface area contributed by atoms with Gasteiger partial charge in [0, 0.05) is 26.2 Å². The number of hydrogen-bond acceptors (Lipinski definition) is 4. The maximum absolute atomic E-state index is 5.68. The minimum absolute atomic E-state index is 0.341. The minimum atomic E-state index is 0.341. The molecule has 1 fully saturated rings. The van der Waals surface area contributed by atoms with Gasteiger partial charge in [-0.25, -0.2) is 4.68 Å². The van der Waals surface area contributed by atoms with Crippen LogP contribution in [-0.4, -0.2) is 35.6 Å². The summed E-state index contributed by atoms with van der Waals surface area (Å²) in [5.41, 5.74) is 2.14. The Morgan fingerprint density at radius 2 is 2.39 bits per heavy atom. The lowest BCUT2D eigenvalue weighted by atomic mass is 10.1. The van der Waals surface area contributed by atoms with Crippen molar-refractivity contribution in [3.05, 3.63) is 11.3 Å². The van der Waals surface area contributed by atoms with Crippen molar-refractivity contribution < 1.29 is 9.47 Å². The molecular weight excluding hydrogens is 230 g/mol. The van der Waals surface area contributed by atoms with Crippen molar-refractivity contribution in [2.24, 2.45) is 7.05 Å². The van der Waals surface area contributed by atoms with Crippen LogP contribution in [0.3, 0.4) is 0 Å². The summed E-state index contributed by atoms with van der Waals surface area (Å²) in [7, 11) is 3.59. The number of hydrogen-bond donors (Lipinski definition) is 1. The maximum Gasteiger partial charge on any atom is 0.216 e. The number of rotatable bonds is 5. The molecule has 2 atom stereocenters. The monoisotopic (exact) mass is 253 g/mol. The zero-order valence-corrected chi connectivity index (χ0v) is 11.7. The lowest BCUT2D eigenvalue weighted by molar-refractivity contribution is 0.0831. The smallest absolute Gasteiger partial charge is 0.216 e. The van der Waals surface area contributed by atoms with E-state index in [2.05, 4.69) is 17.3 Å². The van der Waals surface area contributed by atoms with E-state index < -0.39 is 0 Å². The molecule has 18 heavy (non-hydrogen) atoms. The summed E-state index contributed by atoms with van der Waals surface area (Å²) in [4.78, 5) is 0. The highest BCUT2D eigenvalue weighted by Crippen LogP contribution is 2.21. The fourth-order valence-electron chi connectivity index (χ4n) is 2.53. The lowest BCUT2D eigenvalue weighted by Crippen LogP contribution is -2.36. The van der Waals surface area contributed by atoms with Gasteiger partial charge in [0.1, 0.15) is 0 Å². The molecule has 0 aromatic carbocycles. The van der Waals surface area contributed by atoms with Gasteiger partial charge in [-0.05, 0) is 26.7 Å². The van der Waals surface area contributed by atoms with Gasteiger partial charge in [-0.3, -0.25) is 0 Å². The van der Waals surface area contributed by atoms with E-state index in [0.717, 1.165) is 36.7 Å². The van der Waals surface area contributed by atoms with Crippen LogP contribution in [0.1, 0.15) is 31.0 Å². The Labute approximate surface area is 108 Å². The van der Waals surface area contributed by atoms with Gasteiger partial charge in [-0.15, -0.1) is 0 Å². The number of nitrogens with one attached hydrogen (secondary N) is 1. The van der Waals surface area contributed by atoms with Crippen LogP contribution >= 0.6 is 0 Å². The van der Waals surface area contributed by atoms with Crippen LogP contribution < -0.4 is 10.1 Å². The quantitative estimate of drug-likeness (QED) is 0.861. The topological polar surface area (TPSA) is 48.3 Å². The average Bonchev–Trinajstić information content (AvgIpc) is 2.94. The van der Waals surface area contributed by atoms with Crippen molar-refractivity contribution >= 4 is 0 Å². The summed E-state index contributed by atoms with van der Waals surface area (Å²) in [6.45, 7) is 5.85. The Morgan fingerprint density at radius 1 is 1.61 bits per heavy atom. The van der Waals surface area contributed by atoms with Crippen molar-refractivity contribution in [2.75, 3.05) is 13.7 Å². The van der Waals surface area contributed by atoms with E-state index >= 15 is 0 Å². The molecule has 0 radical (unpaired) electrons. The van der Waals surface area contributed by atoms with Crippen LogP contribution in [0.5, 0.6) is 5.88 Å². The summed E-state index contributed by atoms with van der Waals surface area (Å²) >= 11 is 0. The van der Waals surface area contributed by atoms with Gasteiger partial charge in [-0.1, -0.05) is 0 Å². The van der Waals surface area contributed by atoms with Gasteiger partial charge in [0.2, 0.25) is 5.88 Å². The predicted molar refractivity (Wildman–Crippen MR) is 69.8 cm³/mol. The molecule has 0 spiro atoms. The molecule has 0 aliphatic carbocycles. The largest absolute Gasteiger partial charge is 0.481 e. The molecule has 102 valence electrons. The average molecular weight is 253 g/mol. The molecule has 1 aliphatic heterocycles. The fourth-order valence-corrected chi connectivity index (χ4v) is 2.53. The van der Waals surface area contributed by atoms with Crippen LogP contribution in [0.2, 0.25) is 0 Å². The molecule has 2 unspecified atom stereocenters. The Balaban J connectivity index is 1.97. The SMILES string of the molecule is COc1c(CNC(C)C2CCCO2)c(C)nn1C. The van der Waals surface area contributed by atoms with Crippen molar-refractivity contribution in [3.63, 3.8) is 0 Å². The minimum Gasteiger partial charge on any atom is -0.481 e. The van der Waals surface area contributed by atoms with Crippen molar-refractivity contribution in [3.8, 4) is 5.88 Å². The third kappa shape index (κ3) is 2.67. The van der Waals surface area contributed by atoms with E-state index in [9.17, 15) is 0 Å². The second-order valence-electron chi connectivity index (χ2n) is 4.92. The standard InChI is InChI=1S/C13H23N3O2/c1-9-11(13(17-4)16(3)15-9)8-14-10(2)12-6-5-7-18-12/h10,12,14H,5-8H2,1-4H3. The van der Waals surface area contributed by atoms with Gasteiger partial charge in [0.05, 0.1) is 24.5 Å². The van der Waals surface area contributed by atoms with Crippen molar-refractivity contribution in [2.45, 2.75) is 45.4 Å². The highest BCUT2D eigenvalue weighted by Gasteiger charge is 2.23. The summed E-state index contributed by atoms with van der Waals surface area (Å²) in [5, 5.41) is 7.89. The second kappa shape index (κ2) is 5.71. The molecule has 5 heteroatoms. The van der Waals surface area contributed by atoms with Gasteiger partial charge in [0.25, 0.3) is 0 Å². The first-order chi connectivity index (χ1) is 8.63. The number of ether oxygens (including phenoxy) is 2. The highest BCUT2D eigenvalue weighted by molar-refractivity contribution is 5.30. The van der Waals surface area contributed by atoms with Crippen molar-refractivity contribution in [1.29, 1.82) is 0 Å². The Kier molecular flexibility index (Phi) is 4.24. The first-order valence-electron chi connectivity index (χ1n) is 6.55. The molecule has 5 nitrogen and oxygen atoms in total. The molecule has 2 heterocycles. The summed E-state index contributed by atoms with van der Waals surface area (Å²) in [6.07, 6.45) is 2.66. The van der Waals surface area contributed by atoms with E-state index in [-0.39, 0.29) is 0 Å². The van der Waals surface area contributed by atoms with Gasteiger partial charge in [-0.2, -0.15) is 5.10 Å². The Hall–Kier alpha value is -1.07. The molecule has 1 aromatic rings. The summed E-state index contributed by atoms with van der Waals surface area (Å²) in [6, 6.07) is 0.358. The lowest BCUT2D eigenvalue weighted by Gasteiger charge is -2.20. The molecule has 1 saturated heterocycles. The van der Waals surface area contributed by atoms with E-state index in [1.165, 1.54) is 6.42 Å². The molecule has 0 bridgehead atoms. The maximum atomic E-state index is 5.68. The van der Waals surface area contributed by atoms with Gasteiger partial charge >= 0.3 is 0 Å². The van der Waals surface area contributed by atoms with Crippen LogP contribution in [0.25, 0.3) is 0 Å². The van der Waals surface area contributed by atoms with Crippen LogP contribution in [0, 0.1) is 6.92 Å². The molecule has 1 N–H and O–H groups in total. The summed E-state index contributed by atoms with van der Waals surface area (Å²) in [5.74, 6) is 0.833. The zero-order chi connectivity index (χ0) is 13.1. The van der Waals surface area contributed by atoms with E-state index in [0.29, 0.717) is 12.1 Å². The van der Waals surface area contributed by atoms with Gasteiger partial charge < -0.3 is 14.8 Å². The Bertz CT molecular complexity index is 397. The highest BCUT2D eigenvalue weighted by atomic mass is 16.5. The van der Waals surface area contributed by atoms with Gasteiger partial charge in [0.15, 0.2) is 0 Å². The third-order valence-electron chi connectivity index (χ3n) is 3.61. The second-order valence-corrected chi connectivity index (χ2v) is 4.92. The number of aromatic nitrogens is 2. The molecule has 0 amide bonds. The molecule has 1 aromatic heterocycles. The normalized spacial score (nSPS) is 21.2. The fraction of sp³-hybridized carbons (Fsp3) is 0.769. The molecule has 1 aliphatic rings. The third-order valence-corrected chi connectivity index (χ3v) is 3.61. The molecule has 2 rings (SSSR count). The van der Waals surface area contributed by atoms with Crippen LogP contribution in [0.15, 0.2) is 0 Å². The molecular formula is C13H23N3O2. The Morgan fingerprint density at radius 3 is 3.00 bits per heavy atom. The van der Waals surface area contributed by atoms with E-state index in [1.807, 2.05) is 14.0 Å². The van der Waals surface area contributed by atoms with Crippen molar-refractivity contribution in [1.82, 2.24) is 15.1 Å². The van der Waals surface area contributed by atoms with E-state index in [1.54, 1.807) is 11.8 Å². The zero-order valence-electron chi connectivity index (χ0n) is 11.7. The summed E-state index contributed by atoms with van der Waals surface area (Å²) < 4.78 is 12.8. The van der Waals surface area contributed by atoms with Crippen LogP contribution in [-0.2, 0) is 18.3 Å². The van der Waals surface area contributed by atoms with E-state index in [4.69, 9.17) is 9.47 Å². The molecule has 0 saturated carbocycles.